The summed E-state index contributed by atoms with van der Waals surface area (Å²) in [6.45, 7) is 0.685. The van der Waals surface area contributed by atoms with Gasteiger partial charge in [-0.25, -0.2) is 0 Å². The standard InChI is InChI=1S/C27H31N3O5/c1-35-25(33)17-22-26(34)28-15-16-30(22)24(32)12-14-27(13-11-23(31)29-27)18-19-7-9-21(10-8-19)20-5-3-2-4-6-20/h2-10,22H,11-18H2,1H3,(H,28,34)(H,29,31)/t22-,27-/m0/s1. The number of benzene rings is 2. The molecule has 0 bridgehead atoms. The van der Waals surface area contributed by atoms with Gasteiger partial charge >= 0.3 is 5.97 Å². The van der Waals surface area contributed by atoms with Crippen molar-refractivity contribution in [1.82, 2.24) is 15.5 Å². The van der Waals surface area contributed by atoms with E-state index in [1.165, 1.54) is 12.0 Å². The van der Waals surface area contributed by atoms with Gasteiger partial charge in [0.25, 0.3) is 0 Å². The van der Waals surface area contributed by atoms with Crippen LogP contribution in [-0.2, 0) is 30.3 Å². The van der Waals surface area contributed by atoms with E-state index in [1.54, 1.807) is 0 Å². The predicted molar refractivity (Wildman–Crippen MR) is 130 cm³/mol. The van der Waals surface area contributed by atoms with Gasteiger partial charge in [-0.3, -0.25) is 19.2 Å². The van der Waals surface area contributed by atoms with Crippen molar-refractivity contribution in [2.24, 2.45) is 0 Å². The Bertz CT molecular complexity index is 1090. The Labute approximate surface area is 205 Å². The average Bonchev–Trinajstić information content (AvgIpc) is 3.25. The highest BCUT2D eigenvalue weighted by Gasteiger charge is 2.40. The molecule has 2 aliphatic heterocycles. The molecule has 0 aromatic heterocycles. The topological polar surface area (TPSA) is 105 Å². The molecule has 2 aromatic rings. The first-order chi connectivity index (χ1) is 16.9. The Hall–Kier alpha value is -3.68. The van der Waals surface area contributed by atoms with Crippen LogP contribution in [0.1, 0.15) is 37.7 Å². The largest absolute Gasteiger partial charge is 0.469 e. The first kappa shape index (κ1) is 24.4. The second-order valence-corrected chi connectivity index (χ2v) is 9.24. The number of nitrogens with zero attached hydrogens (tertiary/aromatic N) is 1. The maximum atomic E-state index is 13.1. The molecule has 4 rings (SSSR count). The number of rotatable bonds is 8. The lowest BCUT2D eigenvalue weighted by Gasteiger charge is -2.36. The third-order valence-electron chi connectivity index (χ3n) is 6.90. The van der Waals surface area contributed by atoms with Crippen molar-refractivity contribution in [3.8, 4) is 11.1 Å². The first-order valence-electron chi connectivity index (χ1n) is 12.0. The molecule has 2 N–H and O–H groups in total. The van der Waals surface area contributed by atoms with Crippen molar-refractivity contribution in [3.05, 3.63) is 60.2 Å². The van der Waals surface area contributed by atoms with Crippen LogP contribution in [-0.4, -0.2) is 60.4 Å². The summed E-state index contributed by atoms with van der Waals surface area (Å²) >= 11 is 0. The van der Waals surface area contributed by atoms with E-state index in [1.807, 2.05) is 18.2 Å². The maximum Gasteiger partial charge on any atom is 0.308 e. The molecule has 184 valence electrons. The van der Waals surface area contributed by atoms with Crippen LogP contribution in [0, 0.1) is 0 Å². The molecule has 0 unspecified atom stereocenters. The monoisotopic (exact) mass is 477 g/mol. The summed E-state index contributed by atoms with van der Waals surface area (Å²) in [6.07, 6.45) is 2.14. The number of hydrogen-bond acceptors (Lipinski definition) is 5. The van der Waals surface area contributed by atoms with E-state index in [0.717, 1.165) is 16.7 Å². The van der Waals surface area contributed by atoms with Crippen molar-refractivity contribution in [2.45, 2.75) is 50.1 Å². The summed E-state index contributed by atoms with van der Waals surface area (Å²) in [4.78, 5) is 50.9. The van der Waals surface area contributed by atoms with Crippen LogP contribution >= 0.6 is 0 Å². The summed E-state index contributed by atoms with van der Waals surface area (Å²) in [5.41, 5.74) is 2.83. The van der Waals surface area contributed by atoms with Gasteiger partial charge in [0.15, 0.2) is 0 Å². The van der Waals surface area contributed by atoms with Gasteiger partial charge < -0.3 is 20.3 Å². The Morgan fingerprint density at radius 1 is 1.06 bits per heavy atom. The van der Waals surface area contributed by atoms with Gasteiger partial charge in [-0.05, 0) is 36.0 Å². The highest BCUT2D eigenvalue weighted by Crippen LogP contribution is 2.31. The van der Waals surface area contributed by atoms with Gasteiger partial charge in [-0.1, -0.05) is 54.6 Å². The van der Waals surface area contributed by atoms with Crippen LogP contribution in [0.5, 0.6) is 0 Å². The normalized spacial score (nSPS) is 21.9. The summed E-state index contributed by atoms with van der Waals surface area (Å²) in [5.74, 6) is -1.10. The molecule has 2 atom stereocenters. The quantitative estimate of drug-likeness (QED) is 0.568. The zero-order chi connectivity index (χ0) is 24.8. The molecule has 2 aliphatic rings. The molecule has 0 aliphatic carbocycles. The van der Waals surface area contributed by atoms with E-state index in [9.17, 15) is 19.2 Å². The highest BCUT2D eigenvalue weighted by molar-refractivity contribution is 5.92. The van der Waals surface area contributed by atoms with Gasteiger partial charge in [0, 0.05) is 31.5 Å². The zero-order valence-corrected chi connectivity index (χ0v) is 19.9. The summed E-state index contributed by atoms with van der Waals surface area (Å²) in [5, 5.41) is 5.83. The van der Waals surface area contributed by atoms with Gasteiger partial charge in [-0.2, -0.15) is 0 Å². The Balaban J connectivity index is 1.44. The predicted octanol–water partition coefficient (Wildman–Crippen LogP) is 2.22. The van der Waals surface area contributed by atoms with E-state index in [-0.39, 0.29) is 30.6 Å². The lowest BCUT2D eigenvalue weighted by molar-refractivity contribution is -0.150. The van der Waals surface area contributed by atoms with Crippen LogP contribution in [0.2, 0.25) is 0 Å². The molecule has 2 aromatic carbocycles. The number of methoxy groups -OCH3 is 1. The second kappa shape index (κ2) is 10.7. The van der Waals surface area contributed by atoms with Gasteiger partial charge in [-0.15, -0.1) is 0 Å². The molecule has 2 fully saturated rings. The number of esters is 1. The van der Waals surface area contributed by atoms with E-state index < -0.39 is 17.6 Å². The minimum absolute atomic E-state index is 0.0146. The van der Waals surface area contributed by atoms with E-state index in [2.05, 4.69) is 47.0 Å². The SMILES string of the molecule is COC(=O)C[C@H]1C(=O)NCCN1C(=O)CC[C@]1(Cc2ccc(-c3ccccc3)cc2)CCC(=O)N1. The van der Waals surface area contributed by atoms with Crippen LogP contribution in [0.4, 0.5) is 0 Å². The molecule has 2 saturated heterocycles. The van der Waals surface area contributed by atoms with E-state index >= 15 is 0 Å². The number of nitrogens with one attached hydrogen (secondary N) is 2. The molecule has 2 heterocycles. The third-order valence-corrected chi connectivity index (χ3v) is 6.90. The molecule has 35 heavy (non-hydrogen) atoms. The maximum absolute atomic E-state index is 13.1. The van der Waals surface area contributed by atoms with Gasteiger partial charge in [0.2, 0.25) is 17.7 Å². The van der Waals surface area contributed by atoms with Crippen LogP contribution in [0.3, 0.4) is 0 Å². The molecule has 8 nitrogen and oxygen atoms in total. The fourth-order valence-electron chi connectivity index (χ4n) is 4.97. The molecule has 3 amide bonds. The zero-order valence-electron chi connectivity index (χ0n) is 19.9. The minimum atomic E-state index is -0.872. The van der Waals surface area contributed by atoms with Crippen molar-refractivity contribution in [3.63, 3.8) is 0 Å². The van der Waals surface area contributed by atoms with Crippen LogP contribution < -0.4 is 10.6 Å². The number of amides is 3. The molecular formula is C27H31N3O5. The summed E-state index contributed by atoms with van der Waals surface area (Å²) < 4.78 is 4.70. The molecule has 0 spiro atoms. The second-order valence-electron chi connectivity index (χ2n) is 9.24. The average molecular weight is 478 g/mol. The number of hydrogen-bond donors (Lipinski definition) is 2. The van der Waals surface area contributed by atoms with Crippen LogP contribution in [0.25, 0.3) is 11.1 Å². The van der Waals surface area contributed by atoms with E-state index in [0.29, 0.717) is 38.8 Å². The van der Waals surface area contributed by atoms with Crippen molar-refractivity contribution in [1.29, 1.82) is 0 Å². The molecule has 0 saturated carbocycles. The van der Waals surface area contributed by atoms with Crippen molar-refractivity contribution >= 4 is 23.7 Å². The lowest BCUT2D eigenvalue weighted by Crippen LogP contribution is -2.58. The smallest absolute Gasteiger partial charge is 0.308 e. The Morgan fingerprint density at radius 2 is 1.77 bits per heavy atom. The van der Waals surface area contributed by atoms with Crippen molar-refractivity contribution in [2.75, 3.05) is 20.2 Å². The summed E-state index contributed by atoms with van der Waals surface area (Å²) in [7, 11) is 1.26. The highest BCUT2D eigenvalue weighted by atomic mass is 16.5. The third kappa shape index (κ3) is 5.88. The first-order valence-corrected chi connectivity index (χ1v) is 12.0. The Kier molecular flexibility index (Phi) is 7.48. The molecular weight excluding hydrogens is 446 g/mol. The lowest BCUT2D eigenvalue weighted by atomic mass is 9.84. The van der Waals surface area contributed by atoms with Gasteiger partial charge in [0.05, 0.1) is 13.5 Å². The van der Waals surface area contributed by atoms with Crippen LogP contribution in [0.15, 0.2) is 54.6 Å². The van der Waals surface area contributed by atoms with Gasteiger partial charge in [0.1, 0.15) is 6.04 Å². The Morgan fingerprint density at radius 3 is 2.43 bits per heavy atom. The summed E-state index contributed by atoms with van der Waals surface area (Å²) in [6, 6.07) is 17.5. The number of carbonyl (C=O) groups is 4. The number of carbonyl (C=O) groups excluding carboxylic acids is 4. The fourth-order valence-corrected chi connectivity index (χ4v) is 4.97. The van der Waals surface area contributed by atoms with E-state index in [4.69, 9.17) is 4.74 Å². The number of piperazine rings is 1. The number of ether oxygens (including phenoxy) is 1. The molecule has 8 heteroatoms. The molecule has 0 radical (unpaired) electrons. The minimum Gasteiger partial charge on any atom is -0.469 e. The van der Waals surface area contributed by atoms with Crippen molar-refractivity contribution < 1.29 is 23.9 Å². The fraction of sp³-hybridized carbons (Fsp3) is 0.407.